The summed E-state index contributed by atoms with van der Waals surface area (Å²) in [6, 6.07) is 2.90. The molecule has 0 radical (unpaired) electrons. The summed E-state index contributed by atoms with van der Waals surface area (Å²) in [5.74, 6) is -6.71. The first-order chi connectivity index (χ1) is 12.3. The maximum atomic E-state index is 14.2. The fraction of sp³-hybridized carbons (Fsp3) is 0.294. The second kappa shape index (κ2) is 7.16. The van der Waals surface area contributed by atoms with Crippen LogP contribution in [-0.2, 0) is 15.6 Å². The summed E-state index contributed by atoms with van der Waals surface area (Å²) in [6.07, 6.45) is -4.94. The molecule has 9 heteroatoms. The highest BCUT2D eigenvalue weighted by Gasteiger charge is 2.41. The van der Waals surface area contributed by atoms with Gasteiger partial charge in [0.25, 0.3) is 0 Å². The van der Waals surface area contributed by atoms with E-state index in [9.17, 15) is 26.3 Å². The van der Waals surface area contributed by atoms with Gasteiger partial charge in [0.1, 0.15) is 22.9 Å². The Bertz CT molecular complexity index is 782. The molecule has 1 aliphatic rings. The Hall–Kier alpha value is -2.26. The Kier molecular flexibility index (Phi) is 5.10. The van der Waals surface area contributed by atoms with Crippen LogP contribution < -0.4 is 4.74 Å². The number of ether oxygens (including phenoxy) is 3. The van der Waals surface area contributed by atoms with E-state index in [1.54, 1.807) is 0 Å². The van der Waals surface area contributed by atoms with Crippen molar-refractivity contribution in [2.75, 3.05) is 13.2 Å². The molecule has 0 amide bonds. The lowest BCUT2D eigenvalue weighted by atomic mass is 10.1. The van der Waals surface area contributed by atoms with Gasteiger partial charge < -0.3 is 14.2 Å². The molecule has 0 bridgehead atoms. The predicted molar refractivity (Wildman–Crippen MR) is 76.5 cm³/mol. The molecule has 1 saturated heterocycles. The van der Waals surface area contributed by atoms with Gasteiger partial charge in [-0.3, -0.25) is 0 Å². The van der Waals surface area contributed by atoms with Crippen molar-refractivity contribution in [3.63, 3.8) is 0 Å². The third-order valence-electron chi connectivity index (χ3n) is 3.59. The molecule has 1 fully saturated rings. The molecule has 0 unspecified atom stereocenters. The van der Waals surface area contributed by atoms with Gasteiger partial charge in [0.2, 0.25) is 0 Å². The van der Waals surface area contributed by atoms with Gasteiger partial charge in [0.15, 0.2) is 17.9 Å². The first kappa shape index (κ1) is 18.5. The minimum atomic E-state index is -4.47. The topological polar surface area (TPSA) is 27.7 Å². The summed E-state index contributed by atoms with van der Waals surface area (Å²) < 4.78 is 97.2. The van der Waals surface area contributed by atoms with Gasteiger partial charge in [0.05, 0.1) is 13.2 Å². The maximum Gasteiger partial charge on any atom is 0.432 e. The van der Waals surface area contributed by atoms with Crippen molar-refractivity contribution in [2.24, 2.45) is 0 Å². The van der Waals surface area contributed by atoms with Gasteiger partial charge in [-0.05, 0) is 30.7 Å². The number of benzene rings is 2. The number of hydrogen-bond donors (Lipinski definition) is 0. The van der Waals surface area contributed by atoms with Crippen molar-refractivity contribution in [1.82, 2.24) is 0 Å². The van der Waals surface area contributed by atoms with Gasteiger partial charge in [0, 0.05) is 11.6 Å². The molecule has 3 nitrogen and oxygen atoms in total. The van der Waals surface area contributed by atoms with Crippen LogP contribution in [0.2, 0.25) is 0 Å². The Morgan fingerprint density at radius 3 is 2.04 bits per heavy atom. The van der Waals surface area contributed by atoms with Crippen LogP contribution in [0.3, 0.4) is 0 Å². The van der Waals surface area contributed by atoms with E-state index >= 15 is 0 Å². The Morgan fingerprint density at radius 2 is 1.46 bits per heavy atom. The van der Waals surface area contributed by atoms with Gasteiger partial charge >= 0.3 is 6.11 Å². The molecule has 0 spiro atoms. The van der Waals surface area contributed by atoms with Crippen molar-refractivity contribution in [2.45, 2.75) is 18.8 Å². The fourth-order valence-corrected chi connectivity index (χ4v) is 2.43. The quantitative estimate of drug-likeness (QED) is 0.715. The third-order valence-corrected chi connectivity index (χ3v) is 3.59. The van der Waals surface area contributed by atoms with Gasteiger partial charge in [-0.25, -0.2) is 17.6 Å². The number of alkyl halides is 2. The van der Waals surface area contributed by atoms with Crippen molar-refractivity contribution >= 4 is 0 Å². The Morgan fingerprint density at radius 1 is 0.846 bits per heavy atom. The zero-order valence-electron chi connectivity index (χ0n) is 13.1. The molecule has 1 aliphatic heterocycles. The van der Waals surface area contributed by atoms with E-state index in [1.807, 2.05) is 0 Å². The molecule has 3 rings (SSSR count). The van der Waals surface area contributed by atoms with E-state index in [1.165, 1.54) is 0 Å². The second-order valence-corrected chi connectivity index (χ2v) is 5.48. The zero-order valence-corrected chi connectivity index (χ0v) is 13.1. The lowest BCUT2D eigenvalue weighted by molar-refractivity contribution is -0.191. The highest BCUT2D eigenvalue weighted by molar-refractivity contribution is 5.31. The van der Waals surface area contributed by atoms with E-state index < -0.39 is 47.0 Å². The smallest absolute Gasteiger partial charge is 0.429 e. The molecular formula is C17H12F6O3. The summed E-state index contributed by atoms with van der Waals surface area (Å²) in [5, 5.41) is 0. The predicted octanol–water partition coefficient (Wildman–Crippen LogP) is 4.81. The minimum absolute atomic E-state index is 0.105. The van der Waals surface area contributed by atoms with Crippen molar-refractivity contribution < 1.29 is 40.6 Å². The van der Waals surface area contributed by atoms with Crippen LogP contribution in [0.4, 0.5) is 26.3 Å². The average Bonchev–Trinajstić information content (AvgIpc) is 2.58. The largest absolute Gasteiger partial charge is 0.432 e. The van der Waals surface area contributed by atoms with Gasteiger partial charge in [-0.15, -0.1) is 0 Å². The lowest BCUT2D eigenvalue weighted by Crippen LogP contribution is -2.26. The average molecular weight is 378 g/mol. The highest BCUT2D eigenvalue weighted by atomic mass is 19.3. The standard InChI is InChI=1S/C17H12F6O3/c18-11-3-2-10(8-12(11)19)26-17(22,23)15-13(20)6-9(7-14(15)21)16-24-4-1-5-25-16/h2-3,6-8,16H,1,4-5H2. The van der Waals surface area contributed by atoms with E-state index in [0.29, 0.717) is 50.0 Å². The number of hydrogen-bond acceptors (Lipinski definition) is 3. The summed E-state index contributed by atoms with van der Waals surface area (Å²) in [4.78, 5) is 0. The second-order valence-electron chi connectivity index (χ2n) is 5.48. The van der Waals surface area contributed by atoms with Crippen molar-refractivity contribution in [3.05, 3.63) is 64.7 Å². The first-order valence-electron chi connectivity index (χ1n) is 7.52. The monoisotopic (exact) mass is 378 g/mol. The summed E-state index contributed by atoms with van der Waals surface area (Å²) in [5.41, 5.74) is -1.77. The van der Waals surface area contributed by atoms with Crippen LogP contribution in [0.25, 0.3) is 0 Å². The van der Waals surface area contributed by atoms with E-state index in [-0.39, 0.29) is 5.56 Å². The Balaban J connectivity index is 1.89. The molecule has 0 saturated carbocycles. The summed E-state index contributed by atoms with van der Waals surface area (Å²) >= 11 is 0. The van der Waals surface area contributed by atoms with E-state index in [0.717, 1.165) is 0 Å². The van der Waals surface area contributed by atoms with Crippen LogP contribution in [0.15, 0.2) is 30.3 Å². The molecule has 0 aromatic heterocycles. The van der Waals surface area contributed by atoms with E-state index in [2.05, 4.69) is 4.74 Å². The van der Waals surface area contributed by atoms with Crippen LogP contribution in [0, 0.1) is 23.3 Å². The third kappa shape index (κ3) is 3.78. The molecule has 0 aliphatic carbocycles. The highest BCUT2D eigenvalue weighted by Crippen LogP contribution is 2.37. The van der Waals surface area contributed by atoms with Crippen LogP contribution in [0.1, 0.15) is 23.8 Å². The number of halogens is 6. The summed E-state index contributed by atoms with van der Waals surface area (Å²) in [6.45, 7) is 0.593. The van der Waals surface area contributed by atoms with Crippen LogP contribution >= 0.6 is 0 Å². The summed E-state index contributed by atoms with van der Waals surface area (Å²) in [7, 11) is 0. The van der Waals surface area contributed by atoms with Gasteiger partial charge in [-0.2, -0.15) is 8.78 Å². The molecule has 140 valence electrons. The normalized spacial score (nSPS) is 15.9. The molecule has 26 heavy (non-hydrogen) atoms. The fourth-order valence-electron chi connectivity index (χ4n) is 2.43. The molecule has 1 heterocycles. The molecule has 0 atom stereocenters. The van der Waals surface area contributed by atoms with E-state index in [4.69, 9.17) is 9.47 Å². The minimum Gasteiger partial charge on any atom is -0.429 e. The molecular weight excluding hydrogens is 366 g/mol. The lowest BCUT2D eigenvalue weighted by Gasteiger charge is -2.25. The van der Waals surface area contributed by atoms with Crippen LogP contribution in [0.5, 0.6) is 5.75 Å². The first-order valence-corrected chi connectivity index (χ1v) is 7.52. The zero-order chi connectivity index (χ0) is 18.9. The SMILES string of the molecule is Fc1ccc(OC(F)(F)c2c(F)cc(C3OCCCO3)cc2F)cc1F. The molecule has 2 aromatic rings. The maximum absolute atomic E-state index is 14.2. The Labute approximate surface area is 144 Å². The number of rotatable bonds is 4. The van der Waals surface area contributed by atoms with Crippen molar-refractivity contribution in [1.29, 1.82) is 0 Å². The van der Waals surface area contributed by atoms with Crippen LogP contribution in [-0.4, -0.2) is 13.2 Å². The molecule has 2 aromatic carbocycles. The van der Waals surface area contributed by atoms with Gasteiger partial charge in [-0.1, -0.05) is 0 Å². The van der Waals surface area contributed by atoms with Crippen molar-refractivity contribution in [3.8, 4) is 5.75 Å². The molecule has 0 N–H and O–H groups in total.